The predicted molar refractivity (Wildman–Crippen MR) is 77.6 cm³/mol. The van der Waals surface area contributed by atoms with Gasteiger partial charge in [-0.15, -0.1) is 0 Å². The molecule has 0 aliphatic rings. The molecule has 0 spiro atoms. The Kier molecular flexibility index (Phi) is 3.74. The molecule has 3 nitrogen and oxygen atoms in total. The van der Waals surface area contributed by atoms with Crippen LogP contribution >= 0.6 is 0 Å². The van der Waals surface area contributed by atoms with Crippen LogP contribution in [0.5, 0.6) is 5.75 Å². The molecule has 2 aromatic carbocycles. The third-order valence-electron chi connectivity index (χ3n) is 3.38. The Balaban J connectivity index is 2.39. The second kappa shape index (κ2) is 5.31. The lowest BCUT2D eigenvalue weighted by atomic mass is 9.97. The number of nitrogens with zero attached hydrogens (tertiary/aromatic N) is 1. The molecule has 0 heterocycles. The van der Waals surface area contributed by atoms with E-state index in [1.165, 1.54) is 0 Å². The molecule has 0 radical (unpaired) electrons. The van der Waals surface area contributed by atoms with Crippen LogP contribution in [0.2, 0.25) is 0 Å². The van der Waals surface area contributed by atoms with Crippen molar-refractivity contribution >= 4 is 16.7 Å². The second-order valence-corrected chi connectivity index (χ2v) is 4.93. The fraction of sp³-hybridized carbons (Fsp3) is 0.312. The number of fused-ring (bicyclic) bond motifs is 1. The van der Waals surface area contributed by atoms with Gasteiger partial charge in [0.15, 0.2) is 0 Å². The molecule has 0 aromatic heterocycles. The van der Waals surface area contributed by atoms with Crippen molar-refractivity contribution in [1.29, 1.82) is 0 Å². The number of ether oxygens (including phenoxy) is 1. The number of likely N-dealkylation sites (N-methyl/N-ethyl adjacent to an activating group) is 1. The van der Waals surface area contributed by atoms with Crippen LogP contribution < -0.4 is 4.74 Å². The van der Waals surface area contributed by atoms with E-state index in [1.807, 2.05) is 37.3 Å². The molecule has 0 N–H and O–H groups in total. The number of amides is 1. The van der Waals surface area contributed by atoms with E-state index in [2.05, 4.69) is 6.07 Å². The molecule has 0 fully saturated rings. The van der Waals surface area contributed by atoms with Crippen molar-refractivity contribution < 1.29 is 9.53 Å². The third-order valence-corrected chi connectivity index (χ3v) is 3.38. The van der Waals surface area contributed by atoms with Gasteiger partial charge in [0.2, 0.25) is 5.91 Å². The van der Waals surface area contributed by atoms with Crippen LogP contribution in [-0.4, -0.2) is 32.0 Å². The van der Waals surface area contributed by atoms with Gasteiger partial charge >= 0.3 is 0 Å². The molecule has 0 unspecified atom stereocenters. The maximum absolute atomic E-state index is 12.0. The van der Waals surface area contributed by atoms with Crippen molar-refractivity contribution in [3.63, 3.8) is 0 Å². The van der Waals surface area contributed by atoms with E-state index in [4.69, 9.17) is 4.74 Å². The molecule has 19 heavy (non-hydrogen) atoms. The molecular weight excluding hydrogens is 238 g/mol. The van der Waals surface area contributed by atoms with Crippen molar-refractivity contribution in [1.82, 2.24) is 4.90 Å². The lowest BCUT2D eigenvalue weighted by Crippen LogP contribution is -2.26. The summed E-state index contributed by atoms with van der Waals surface area (Å²) < 4.78 is 5.21. The molecule has 0 saturated carbocycles. The first-order valence-corrected chi connectivity index (χ1v) is 6.32. The van der Waals surface area contributed by atoms with Crippen LogP contribution in [0.1, 0.15) is 18.4 Å². The summed E-state index contributed by atoms with van der Waals surface area (Å²) >= 11 is 0. The third kappa shape index (κ3) is 2.70. The Morgan fingerprint density at radius 3 is 2.37 bits per heavy atom. The standard InChI is InChI=1S/C16H19NO2/c1-11(16(18)17(2)3)12-5-6-14-10-15(19-4)8-7-13(14)9-12/h5-11H,1-4H3/t11-/m1/s1. The summed E-state index contributed by atoms with van der Waals surface area (Å²) in [6, 6.07) is 12.1. The van der Waals surface area contributed by atoms with Gasteiger partial charge in [0, 0.05) is 14.1 Å². The van der Waals surface area contributed by atoms with E-state index in [-0.39, 0.29) is 11.8 Å². The first-order chi connectivity index (χ1) is 9.02. The van der Waals surface area contributed by atoms with Gasteiger partial charge in [-0.2, -0.15) is 0 Å². The zero-order valence-electron chi connectivity index (χ0n) is 11.8. The maximum atomic E-state index is 12.0. The smallest absolute Gasteiger partial charge is 0.229 e. The van der Waals surface area contributed by atoms with Gasteiger partial charge in [-0.3, -0.25) is 4.79 Å². The summed E-state index contributed by atoms with van der Waals surface area (Å²) in [5.41, 5.74) is 1.04. The first kappa shape index (κ1) is 13.4. The minimum absolute atomic E-state index is 0.118. The highest BCUT2D eigenvalue weighted by molar-refractivity contribution is 5.88. The summed E-state index contributed by atoms with van der Waals surface area (Å²) in [6.07, 6.45) is 0. The highest BCUT2D eigenvalue weighted by atomic mass is 16.5. The molecule has 1 amide bonds. The molecule has 0 bridgehead atoms. The molecule has 100 valence electrons. The topological polar surface area (TPSA) is 29.5 Å². The normalized spacial score (nSPS) is 12.2. The van der Waals surface area contributed by atoms with Crippen molar-refractivity contribution in [2.45, 2.75) is 12.8 Å². The summed E-state index contributed by atoms with van der Waals surface area (Å²) in [4.78, 5) is 13.6. The summed E-state index contributed by atoms with van der Waals surface area (Å²) in [7, 11) is 5.23. The monoisotopic (exact) mass is 257 g/mol. The lowest BCUT2D eigenvalue weighted by molar-refractivity contribution is -0.129. The highest BCUT2D eigenvalue weighted by Crippen LogP contribution is 2.25. The van der Waals surface area contributed by atoms with Crippen LogP contribution in [0.3, 0.4) is 0 Å². The van der Waals surface area contributed by atoms with E-state index in [0.717, 1.165) is 22.1 Å². The van der Waals surface area contributed by atoms with Gasteiger partial charge < -0.3 is 9.64 Å². The molecular formula is C16H19NO2. The van der Waals surface area contributed by atoms with E-state index < -0.39 is 0 Å². The average molecular weight is 257 g/mol. The van der Waals surface area contributed by atoms with Gasteiger partial charge in [-0.25, -0.2) is 0 Å². The average Bonchev–Trinajstić information content (AvgIpc) is 2.44. The Morgan fingerprint density at radius 2 is 1.74 bits per heavy atom. The van der Waals surface area contributed by atoms with Crippen molar-refractivity contribution in [2.75, 3.05) is 21.2 Å². The predicted octanol–water partition coefficient (Wildman–Crippen LogP) is 3.04. The number of hydrogen-bond acceptors (Lipinski definition) is 2. The SMILES string of the molecule is COc1ccc2cc([C@@H](C)C(=O)N(C)C)ccc2c1. The van der Waals surface area contributed by atoms with Gasteiger partial charge in [0.25, 0.3) is 0 Å². The molecule has 0 saturated heterocycles. The number of carbonyl (C=O) groups excluding carboxylic acids is 1. The first-order valence-electron chi connectivity index (χ1n) is 6.32. The number of rotatable bonds is 3. The van der Waals surface area contributed by atoms with Gasteiger partial charge in [-0.1, -0.05) is 24.3 Å². The van der Waals surface area contributed by atoms with Crippen LogP contribution in [0.15, 0.2) is 36.4 Å². The van der Waals surface area contributed by atoms with Crippen molar-refractivity contribution in [3.8, 4) is 5.75 Å². The summed E-state index contributed by atoms with van der Waals surface area (Å²) in [5, 5.41) is 2.24. The Labute approximate surface area is 113 Å². The van der Waals surface area contributed by atoms with Crippen molar-refractivity contribution in [2.24, 2.45) is 0 Å². The minimum atomic E-state index is -0.124. The van der Waals surface area contributed by atoms with E-state index in [0.29, 0.717) is 0 Å². The van der Waals surface area contributed by atoms with Gasteiger partial charge in [0.1, 0.15) is 5.75 Å². The maximum Gasteiger partial charge on any atom is 0.229 e. The second-order valence-electron chi connectivity index (χ2n) is 4.93. The summed E-state index contributed by atoms with van der Waals surface area (Å²) in [5.74, 6) is 0.840. The Bertz CT molecular complexity index is 605. The van der Waals surface area contributed by atoms with E-state index >= 15 is 0 Å². The zero-order chi connectivity index (χ0) is 14.0. The Hall–Kier alpha value is -2.03. The van der Waals surface area contributed by atoms with Gasteiger partial charge in [-0.05, 0) is 35.4 Å². The summed E-state index contributed by atoms with van der Waals surface area (Å²) in [6.45, 7) is 1.94. The molecule has 2 rings (SSSR count). The van der Waals surface area contributed by atoms with Crippen LogP contribution in [0.4, 0.5) is 0 Å². The van der Waals surface area contributed by atoms with Crippen LogP contribution in [0, 0.1) is 0 Å². The Morgan fingerprint density at radius 1 is 1.11 bits per heavy atom. The largest absolute Gasteiger partial charge is 0.497 e. The zero-order valence-corrected chi connectivity index (χ0v) is 11.8. The molecule has 1 atom stereocenters. The van der Waals surface area contributed by atoms with Crippen molar-refractivity contribution in [3.05, 3.63) is 42.0 Å². The minimum Gasteiger partial charge on any atom is -0.497 e. The number of benzene rings is 2. The van der Waals surface area contributed by atoms with Crippen LogP contribution in [-0.2, 0) is 4.79 Å². The van der Waals surface area contributed by atoms with Crippen LogP contribution in [0.25, 0.3) is 10.8 Å². The quantitative estimate of drug-likeness (QED) is 0.845. The fourth-order valence-corrected chi connectivity index (χ4v) is 2.17. The van der Waals surface area contributed by atoms with E-state index in [1.54, 1.807) is 26.1 Å². The number of hydrogen-bond donors (Lipinski definition) is 0. The molecule has 0 aliphatic carbocycles. The van der Waals surface area contributed by atoms with E-state index in [9.17, 15) is 4.79 Å². The highest BCUT2D eigenvalue weighted by Gasteiger charge is 2.17. The van der Waals surface area contributed by atoms with Gasteiger partial charge in [0.05, 0.1) is 13.0 Å². The number of carbonyl (C=O) groups is 1. The number of methoxy groups -OCH3 is 1. The molecule has 0 aliphatic heterocycles. The molecule has 3 heteroatoms. The lowest BCUT2D eigenvalue weighted by Gasteiger charge is -2.17. The molecule has 2 aromatic rings. The fourth-order valence-electron chi connectivity index (χ4n) is 2.17.